The number of rotatable bonds is 29. The molecule has 0 atom stereocenters. The predicted octanol–water partition coefficient (Wildman–Crippen LogP) is -6.40. The van der Waals surface area contributed by atoms with Gasteiger partial charge in [0.05, 0.1) is 48.1 Å². The number of halogens is 3. The first-order valence-electron chi connectivity index (χ1n) is 43.3. The minimum atomic E-state index is -1.88. The van der Waals surface area contributed by atoms with Crippen LogP contribution in [0.2, 0.25) is 0 Å². The van der Waals surface area contributed by atoms with E-state index in [0.29, 0.717) is 61.1 Å². The molecule has 3 fully saturated rings. The molecule has 29 nitrogen and oxygen atoms in total. The molecule has 6 aromatic rings. The number of aromatic nitrogens is 6. The van der Waals surface area contributed by atoms with E-state index in [2.05, 4.69) is 68.2 Å². The molecular weight excluding hydrogens is 1860 g/mol. The van der Waals surface area contributed by atoms with Crippen molar-refractivity contribution in [3.05, 3.63) is 112 Å². The van der Waals surface area contributed by atoms with E-state index in [4.69, 9.17) is 197 Å². The van der Waals surface area contributed by atoms with Crippen LogP contribution in [0.3, 0.4) is 0 Å². The molecule has 9 rings (SSSR count). The Labute approximate surface area is 845 Å². The molecule has 0 aliphatic carbocycles. The number of carbonyl (C=O) groups excluding carboxylic acids is 6. The molecule has 636 valence electrons. The Morgan fingerprint density at radius 2 is 0.687 bits per heavy atom. The van der Waals surface area contributed by atoms with E-state index >= 15 is 0 Å². The van der Waals surface area contributed by atoms with Crippen LogP contribution in [0.5, 0.6) is 0 Å². The fourth-order valence-corrected chi connectivity index (χ4v) is 16.7. The number of ether oxygens (including phenoxy) is 9. The highest BCUT2D eigenvalue weighted by molar-refractivity contribution is 9.11. The monoisotopic (exact) mass is 1950 g/mol. The molecule has 3 amide bonds. The number of amides is 3. The maximum absolute atomic E-state index is 13.3. The third kappa shape index (κ3) is 34.5. The van der Waals surface area contributed by atoms with E-state index in [1.807, 2.05) is 0 Å². The molecule has 3 saturated heterocycles. The van der Waals surface area contributed by atoms with Crippen LogP contribution in [-0.2, 0) is 42.6 Å². The fourth-order valence-electron chi connectivity index (χ4n) is 15.7. The van der Waals surface area contributed by atoms with E-state index in [0.717, 1.165) is 18.0 Å². The molecule has 6 aromatic heterocycles. The number of pyridine rings is 6. The summed E-state index contributed by atoms with van der Waals surface area (Å²) in [6.07, 6.45) is -9.70. The van der Waals surface area contributed by atoms with E-state index in [9.17, 15) is 53.2 Å². The molecule has 3 N–H and O–H groups in total. The van der Waals surface area contributed by atoms with Gasteiger partial charge in [-0.2, -0.15) is 0 Å². The summed E-state index contributed by atoms with van der Waals surface area (Å²) in [6.45, 7) is 24.5. The second-order valence-corrected chi connectivity index (χ2v) is 38.2. The molecule has 9 heterocycles. The van der Waals surface area contributed by atoms with E-state index < -0.39 is 191 Å². The number of carbonyl (C=O) groups is 6. The third-order valence-corrected chi connectivity index (χ3v) is 23.0. The highest BCUT2D eigenvalue weighted by Crippen LogP contribution is 2.27. The molecule has 0 unspecified atom stereocenters. The van der Waals surface area contributed by atoms with Gasteiger partial charge in [-0.1, -0.05) is 15.9 Å². The average molecular weight is 1950 g/mol. The first kappa shape index (κ1) is 120. The van der Waals surface area contributed by atoms with Gasteiger partial charge in [0.15, 0.2) is 16.9 Å². The maximum atomic E-state index is 13.3. The topological polar surface area (TPSA) is 349 Å². The zero-order valence-electron chi connectivity index (χ0n) is 77.5. The molecule has 0 spiro atoms. The molecule has 0 bridgehead atoms. The van der Waals surface area contributed by atoms with Gasteiger partial charge in [-0.15, -0.1) is 0 Å². The number of hydrogen-bond acceptors (Lipinski definition) is 23. The maximum Gasteiger partial charge on any atom is 0.490 e. The Bertz CT molecular complexity index is 4940. The van der Waals surface area contributed by atoms with Gasteiger partial charge >= 0.3 is 43.3 Å². The highest BCUT2D eigenvalue weighted by Gasteiger charge is 2.57. The minimum absolute atomic E-state index is 0.0398. The Hall–Kier alpha value is -4.93. The van der Waals surface area contributed by atoms with Crippen molar-refractivity contribution in [3.8, 4) is 0 Å². The Morgan fingerprint density at radius 3 is 0.963 bits per heavy atom. The van der Waals surface area contributed by atoms with Crippen LogP contribution < -0.4 is 37.2 Å². The molecule has 71 heteroatoms. The molecule has 3 aliphatic heterocycles. The summed E-state index contributed by atoms with van der Waals surface area (Å²) in [5, 5.41) is 22.1. The van der Waals surface area contributed by atoms with Crippen molar-refractivity contribution in [2.45, 2.75) is 155 Å². The van der Waals surface area contributed by atoms with Crippen molar-refractivity contribution in [1.82, 2.24) is 29.0 Å². The quantitative estimate of drug-likeness (QED) is 0.0170. The van der Waals surface area contributed by atoms with Gasteiger partial charge in [-0.3, -0.25) is 14.4 Å². The van der Waals surface area contributed by atoms with Crippen LogP contribution in [0.25, 0.3) is 33.1 Å². The molecular formula is C63H81B39Br3N9O20. The fraction of sp³-hybridized carbons (Fsp3) is 0.524. The Balaban J connectivity index is 0.000000310. The Morgan fingerprint density at radius 1 is 0.418 bits per heavy atom. The van der Waals surface area contributed by atoms with Crippen molar-refractivity contribution in [1.29, 1.82) is 0 Å². The number of alkyl halides is 1. The van der Waals surface area contributed by atoms with Crippen LogP contribution >= 0.6 is 47.8 Å². The number of nitrogens with zero attached hydrogens (tertiary/aromatic N) is 8. The van der Waals surface area contributed by atoms with Crippen molar-refractivity contribution < 1.29 is 81.4 Å². The zero-order valence-corrected chi connectivity index (χ0v) is 82.3. The van der Waals surface area contributed by atoms with Gasteiger partial charge in [0, 0.05) is 366 Å². The number of nitrogens with one attached hydrogen (secondary N) is 1. The van der Waals surface area contributed by atoms with E-state index in [-0.39, 0.29) is 87.2 Å². The van der Waals surface area contributed by atoms with Gasteiger partial charge in [0.1, 0.15) is 33.5 Å². The third-order valence-electron chi connectivity index (χ3n) is 21.2. The van der Waals surface area contributed by atoms with Gasteiger partial charge in [-0.25, -0.2) is 73.2 Å². The second kappa shape index (κ2) is 54.9. The van der Waals surface area contributed by atoms with Crippen LogP contribution in [-0.4, -0.2) is 445 Å². The van der Waals surface area contributed by atoms with Crippen LogP contribution in [0, 0.1) is 0 Å². The van der Waals surface area contributed by atoms with Crippen LogP contribution in [0.4, 0.5) is 14.4 Å². The Kier molecular flexibility index (Phi) is 49.0. The van der Waals surface area contributed by atoms with Crippen molar-refractivity contribution in [2.24, 2.45) is 0 Å². The van der Waals surface area contributed by atoms with Gasteiger partial charge < -0.3 is 52.7 Å². The normalized spacial score (nSPS) is 13.2. The second-order valence-electron chi connectivity index (χ2n) is 35.0. The van der Waals surface area contributed by atoms with Crippen molar-refractivity contribution >= 4 is 399 Å². The SMILES string of the molecule is BrC1CCOCC1.CCOC(=O)c1cn(N(C(=O)OC(C)(C)C)C2CCOCC2)c2ncc(B(O)O)cc2c1=O.CCOC(=O)c1cn(N(C(=O)OC(C)(C)C)C2CCOCC2)c2ncc(Br)cc2c1=O.CCOC(=O)c1cn(NC(=O)OC(C)(C)C)c2ncc(Br)cc2c1=O.[B]B([B])B(B([B])[B])B(B(B([B])[B])B([B])[B])B(B(B([B])[B])B([B])[B])B(B(B([B])[B])B([B])[B])B(B([B])[B])B([B])[B]. The largest absolute Gasteiger partial charge is 0.490 e. The lowest BCUT2D eigenvalue weighted by atomic mass is 8.28. The summed E-state index contributed by atoms with van der Waals surface area (Å²) in [5.41, 5.74) is -1.86. The van der Waals surface area contributed by atoms with E-state index in [1.54, 1.807) is 89.2 Å². The first-order chi connectivity index (χ1) is 62.4. The summed E-state index contributed by atoms with van der Waals surface area (Å²) >= 11 is 10.1. The average Bonchev–Trinajstić information content (AvgIpc) is 0.469. The molecule has 0 saturated carbocycles. The molecule has 3 aliphatic rings. The summed E-state index contributed by atoms with van der Waals surface area (Å²) in [6, 6.07) is 3.68. The van der Waals surface area contributed by atoms with E-state index in [1.165, 1.54) is 86.2 Å². The molecule has 0 aromatic carbocycles. The zero-order chi connectivity index (χ0) is 101. The van der Waals surface area contributed by atoms with Crippen LogP contribution in [0.15, 0.2) is 78.7 Å². The lowest BCUT2D eigenvalue weighted by molar-refractivity contribution is 0.0407. The lowest BCUT2D eigenvalue weighted by Crippen LogP contribution is -2.92. The van der Waals surface area contributed by atoms with Crippen molar-refractivity contribution in [3.63, 3.8) is 0 Å². The highest BCUT2D eigenvalue weighted by atomic mass is 79.9. The summed E-state index contributed by atoms with van der Waals surface area (Å²) in [4.78, 5) is 128. The minimum Gasteiger partial charge on any atom is -0.462 e. The summed E-state index contributed by atoms with van der Waals surface area (Å²) in [5.74, 6) is -2.42. The molecule has 134 heavy (non-hydrogen) atoms. The van der Waals surface area contributed by atoms with Gasteiger partial charge in [-0.05, 0) is 172 Å². The first-order valence-corrected chi connectivity index (χ1v) is 45.8. The molecule has 40 radical (unpaired) electrons. The van der Waals surface area contributed by atoms with Crippen molar-refractivity contribution in [2.75, 3.05) is 74.9 Å². The van der Waals surface area contributed by atoms with Gasteiger partial charge in [0.2, 0.25) is 16.3 Å². The number of esters is 3. The van der Waals surface area contributed by atoms with Crippen LogP contribution in [0.1, 0.15) is 153 Å². The summed E-state index contributed by atoms with van der Waals surface area (Å²) < 4.78 is 52.5. The summed E-state index contributed by atoms with van der Waals surface area (Å²) in [7, 11) is 122. The smallest absolute Gasteiger partial charge is 0.462 e. The van der Waals surface area contributed by atoms with Gasteiger partial charge in [0.25, 0.3) is 0 Å². The standard InChI is InChI=1S/C21H28BN3O8.C21H26BrN3O6.C16H18BrN3O5.C5H9BrO.B38/c1-5-32-19(27)16-12-24(18-15(17(16)26)10-13(11-23-18)22(29)30)25(14-6-8-31-9-7-14)20(28)33-21(2,3)4;1-5-30-19(27)16-12-24(18-15(17(16)26)10-13(22)11-23-18)25(14-6-8-29-9-7-14)20(28)31-21(2,3)4;1-5-24-14(22)11-8-20(19-15(23)25-16(2,3)4)13-10(12(11)21)6-9(17)7-18-13;6-5-1-3-7-4-2-5;1-21(2)31(22(3)4)36(32(23(5)6)24(7)8)38(35(29(17)18)30(19)20)37(33(25(9)10)26(11)12)34(27(13)14)28(15)16/h10-12,14,29-30H,5-9H2,1-4H3;10-12,14H,5-9H2,1-4H3;6-8H,5H2,1-4H3,(H,19,23);5H,1-4H2;. The predicted molar refractivity (Wildman–Crippen MR) is 585 cm³/mol. The number of fused-ring (bicyclic) bond motifs is 3. The lowest BCUT2D eigenvalue weighted by Gasteiger charge is -2.53. The number of hydrogen-bond donors (Lipinski definition) is 3.